The number of anilines is 1. The van der Waals surface area contributed by atoms with E-state index in [2.05, 4.69) is 42.4 Å². The van der Waals surface area contributed by atoms with Gasteiger partial charge in [0.05, 0.1) is 24.8 Å². The maximum atomic E-state index is 12.8. The Balaban J connectivity index is 1.72. The van der Waals surface area contributed by atoms with E-state index in [0.717, 1.165) is 11.3 Å². The molecule has 13 nitrogen and oxygen atoms in total. The summed E-state index contributed by atoms with van der Waals surface area (Å²) in [4.78, 5) is 65.6. The number of aromatic nitrogens is 4. The van der Waals surface area contributed by atoms with Gasteiger partial charge in [0, 0.05) is 23.6 Å². The van der Waals surface area contributed by atoms with Gasteiger partial charge in [0.25, 0.3) is 5.91 Å². The fourth-order valence-electron chi connectivity index (χ4n) is 3.19. The normalized spacial score (nSPS) is 11.6. The van der Waals surface area contributed by atoms with E-state index in [1.54, 1.807) is 34.6 Å². The quantitative estimate of drug-likeness (QED) is 0.249. The van der Waals surface area contributed by atoms with E-state index in [1.165, 1.54) is 18.5 Å². The van der Waals surface area contributed by atoms with Gasteiger partial charge in [-0.15, -0.1) is 11.3 Å². The number of fused-ring (bicyclic) bond motifs is 1. The minimum Gasteiger partial charge on any atom is -0.493 e. The molecule has 2 amide bonds. The third-order valence-corrected chi connectivity index (χ3v) is 6.21. The molecule has 3 heterocycles. The highest BCUT2D eigenvalue weighted by atomic mass is 32.1. The second-order valence-corrected chi connectivity index (χ2v) is 10.6. The van der Waals surface area contributed by atoms with E-state index >= 15 is 0 Å². The van der Waals surface area contributed by atoms with E-state index < -0.39 is 29.3 Å². The number of aromatic hydroxyl groups is 1. The van der Waals surface area contributed by atoms with Gasteiger partial charge < -0.3 is 19.9 Å². The van der Waals surface area contributed by atoms with Crippen molar-refractivity contribution in [3.63, 3.8) is 0 Å². The molecule has 3 N–H and O–H groups in total. The van der Waals surface area contributed by atoms with Crippen molar-refractivity contribution in [2.24, 2.45) is 5.41 Å². The number of hydrogen-bond acceptors (Lipinski definition) is 12. The smallest absolute Gasteiger partial charge is 0.328 e. The maximum absolute atomic E-state index is 12.8. The first-order chi connectivity index (χ1) is 19.4. The van der Waals surface area contributed by atoms with E-state index in [1.807, 2.05) is 0 Å². The van der Waals surface area contributed by atoms with Crippen LogP contribution in [-0.2, 0) is 23.9 Å². The highest BCUT2D eigenvalue weighted by molar-refractivity contribution is 7.14. The monoisotopic (exact) mass is 582 g/mol. The fourth-order valence-corrected chi connectivity index (χ4v) is 3.86. The van der Waals surface area contributed by atoms with Crippen LogP contribution in [0.25, 0.3) is 11.0 Å². The number of nitrogens with zero attached hydrogens (tertiary/aromatic N) is 4. The zero-order chi connectivity index (χ0) is 30.2. The van der Waals surface area contributed by atoms with Crippen molar-refractivity contribution in [1.29, 1.82) is 0 Å². The number of ether oxygens (including phenoxy) is 2. The number of pyridine rings is 1. The second kappa shape index (κ2) is 13.6. The summed E-state index contributed by atoms with van der Waals surface area (Å²) >= 11 is 1.00. The number of esters is 2. The van der Waals surface area contributed by atoms with Crippen molar-refractivity contribution < 1.29 is 33.8 Å². The first kappa shape index (κ1) is 30.9. The molecule has 1 atom stereocenters. The lowest BCUT2D eigenvalue weighted by molar-refractivity contribution is -0.146. The van der Waals surface area contributed by atoms with E-state index in [4.69, 9.17) is 9.47 Å². The Morgan fingerprint density at radius 2 is 1.78 bits per heavy atom. The molecule has 0 spiro atoms. The molecule has 3 rings (SSSR count). The highest BCUT2D eigenvalue weighted by Crippen LogP contribution is 2.23. The molecule has 0 aliphatic rings. The van der Waals surface area contributed by atoms with Crippen LogP contribution in [0.5, 0.6) is 5.88 Å². The molecule has 41 heavy (non-hydrogen) atoms. The molecular weight excluding hydrogens is 552 g/mol. The Bertz CT molecular complexity index is 1520. The Hall–Kier alpha value is -4.64. The van der Waals surface area contributed by atoms with Gasteiger partial charge >= 0.3 is 11.9 Å². The van der Waals surface area contributed by atoms with Gasteiger partial charge in [0.15, 0.2) is 10.7 Å². The van der Waals surface area contributed by atoms with Crippen molar-refractivity contribution in [3.8, 4) is 17.7 Å². The fraction of sp³-hybridized carbons (Fsp3) is 0.407. The van der Waals surface area contributed by atoms with Gasteiger partial charge in [-0.2, -0.15) is 9.97 Å². The van der Waals surface area contributed by atoms with Gasteiger partial charge in [0.1, 0.15) is 10.9 Å². The van der Waals surface area contributed by atoms with Gasteiger partial charge in [-0.05, 0) is 32.3 Å². The summed E-state index contributed by atoms with van der Waals surface area (Å²) in [5.74, 6) is 3.22. The lowest BCUT2D eigenvalue weighted by atomic mass is 9.96. The number of hydrogen-bond donors (Lipinski definition) is 3. The second-order valence-electron chi connectivity index (χ2n) is 9.57. The number of carbonyl (C=O) groups excluding carboxylic acids is 4. The first-order valence-corrected chi connectivity index (χ1v) is 13.5. The van der Waals surface area contributed by atoms with Crippen LogP contribution >= 0.6 is 11.3 Å². The summed E-state index contributed by atoms with van der Waals surface area (Å²) in [6, 6.07) is 0.499. The molecule has 216 valence electrons. The molecule has 0 fully saturated rings. The summed E-state index contributed by atoms with van der Waals surface area (Å²) in [5, 5.41) is 16.1. The zero-order valence-corrected chi connectivity index (χ0v) is 24.0. The summed E-state index contributed by atoms with van der Waals surface area (Å²) in [6.07, 6.45) is 2.71. The van der Waals surface area contributed by atoms with Crippen LogP contribution in [-0.4, -0.2) is 68.1 Å². The Labute approximate surface area is 240 Å². The number of nitrogens with one attached hydrogen (secondary N) is 2. The molecule has 14 heteroatoms. The van der Waals surface area contributed by atoms with Crippen molar-refractivity contribution in [3.05, 3.63) is 33.9 Å². The third kappa shape index (κ3) is 8.67. The highest BCUT2D eigenvalue weighted by Gasteiger charge is 2.25. The third-order valence-electron chi connectivity index (χ3n) is 5.30. The molecule has 0 bridgehead atoms. The number of rotatable bonds is 9. The van der Waals surface area contributed by atoms with Crippen LogP contribution in [0, 0.1) is 17.3 Å². The largest absolute Gasteiger partial charge is 0.493 e. The molecule has 3 aromatic heterocycles. The molecule has 3 aromatic rings. The van der Waals surface area contributed by atoms with Crippen LogP contribution < -0.4 is 10.6 Å². The van der Waals surface area contributed by atoms with E-state index in [-0.39, 0.29) is 59.7 Å². The zero-order valence-electron chi connectivity index (χ0n) is 23.2. The van der Waals surface area contributed by atoms with Gasteiger partial charge in [-0.1, -0.05) is 26.7 Å². The van der Waals surface area contributed by atoms with Crippen molar-refractivity contribution in [1.82, 2.24) is 25.3 Å². The summed E-state index contributed by atoms with van der Waals surface area (Å²) in [7, 11) is 0. The molecule has 0 saturated heterocycles. The van der Waals surface area contributed by atoms with Crippen molar-refractivity contribution >= 4 is 52.1 Å². The topological polar surface area (TPSA) is 183 Å². The van der Waals surface area contributed by atoms with Crippen LogP contribution in [0.15, 0.2) is 18.5 Å². The first-order valence-electron chi connectivity index (χ1n) is 12.7. The summed E-state index contributed by atoms with van der Waals surface area (Å²) < 4.78 is 9.89. The molecule has 0 unspecified atom stereocenters. The average Bonchev–Trinajstić information content (AvgIpc) is 3.39. The predicted molar refractivity (Wildman–Crippen MR) is 149 cm³/mol. The number of carbonyl (C=O) groups is 4. The average molecular weight is 583 g/mol. The minimum atomic E-state index is -1.04. The standard InChI is InChI=1S/C27H30N6O7S/c1-6-39-20(34)11-9-17(24(37)40-7-2)30-23(36)18-14-28-19(41-18)10-8-15-12-16-21(29-13-15)31-26(32-22(16)35)33-25(38)27(3,4)5/h12-14,17H,6-7,9,11H2,1-5H3,(H,30,36)(H2,29,31,32,33,35,38)/t17-/m1/s1. The minimum absolute atomic E-state index is 0.0187. The van der Waals surface area contributed by atoms with E-state index in [0.29, 0.717) is 10.6 Å². The lowest BCUT2D eigenvalue weighted by Gasteiger charge is -2.16. The number of thiazole rings is 1. The SMILES string of the molecule is CCOC(=O)CC[C@@H](NC(=O)c1cnc(C#Cc2cnc3nc(NC(=O)C(C)(C)C)nc(O)c3c2)s1)C(=O)OCC. The summed E-state index contributed by atoms with van der Waals surface area (Å²) in [6.45, 7) is 8.85. The maximum Gasteiger partial charge on any atom is 0.328 e. The summed E-state index contributed by atoms with van der Waals surface area (Å²) in [5.41, 5.74) is -0.0887. The molecule has 0 aliphatic heterocycles. The Kier molecular flexibility index (Phi) is 10.3. The van der Waals surface area contributed by atoms with Gasteiger partial charge in [0.2, 0.25) is 17.7 Å². The Morgan fingerprint density at radius 3 is 2.46 bits per heavy atom. The van der Waals surface area contributed by atoms with Crippen LogP contribution in [0.1, 0.15) is 67.7 Å². The van der Waals surface area contributed by atoms with Crippen molar-refractivity contribution in [2.45, 2.75) is 53.5 Å². The van der Waals surface area contributed by atoms with E-state index in [9.17, 15) is 24.3 Å². The molecule has 0 aliphatic carbocycles. The van der Waals surface area contributed by atoms with Crippen molar-refractivity contribution in [2.75, 3.05) is 18.5 Å². The van der Waals surface area contributed by atoms with Crippen LogP contribution in [0.4, 0.5) is 5.95 Å². The van der Waals surface area contributed by atoms with Gasteiger partial charge in [-0.3, -0.25) is 19.7 Å². The number of amides is 2. The predicted octanol–water partition coefficient (Wildman–Crippen LogP) is 2.58. The Morgan fingerprint density at radius 1 is 1.05 bits per heavy atom. The van der Waals surface area contributed by atoms with Crippen LogP contribution in [0.3, 0.4) is 0 Å². The molecular formula is C27H30N6O7S. The van der Waals surface area contributed by atoms with Crippen LogP contribution in [0.2, 0.25) is 0 Å². The molecule has 0 radical (unpaired) electrons. The molecule has 0 aromatic carbocycles. The van der Waals surface area contributed by atoms with Gasteiger partial charge in [-0.25, -0.2) is 14.8 Å². The molecule has 0 saturated carbocycles. The lowest BCUT2D eigenvalue weighted by Crippen LogP contribution is -2.42.